The average molecular weight is 544 g/mol. The number of halogens is 1. The molecule has 1 fully saturated rings. The van der Waals surface area contributed by atoms with Crippen LogP contribution in [-0.2, 0) is 42.9 Å². The molecule has 36 heavy (non-hydrogen) atoms. The third-order valence-corrected chi connectivity index (χ3v) is 5.09. The second-order valence-corrected chi connectivity index (χ2v) is 8.30. The molecule has 0 saturated carbocycles. The van der Waals surface area contributed by atoms with E-state index in [4.69, 9.17) is 47.5 Å². The van der Waals surface area contributed by atoms with E-state index in [1.807, 2.05) is 0 Å². The Balaban J connectivity index is 2.29. The minimum atomic E-state index is -1.32. The molecule has 1 saturated heterocycles. The molecule has 1 aromatic rings. The van der Waals surface area contributed by atoms with Gasteiger partial charge in [0.1, 0.15) is 12.7 Å². The van der Waals surface area contributed by atoms with E-state index in [0.29, 0.717) is 10.6 Å². The molecule has 0 unspecified atom stereocenters. The van der Waals surface area contributed by atoms with Crippen molar-refractivity contribution in [3.63, 3.8) is 0 Å². The van der Waals surface area contributed by atoms with E-state index in [2.05, 4.69) is 15.8 Å². The molecule has 2 rings (SSSR count). The Morgan fingerprint density at radius 1 is 0.972 bits per heavy atom. The van der Waals surface area contributed by atoms with Crippen LogP contribution in [0.4, 0.5) is 0 Å². The van der Waals surface area contributed by atoms with Crippen molar-refractivity contribution in [3.8, 4) is 0 Å². The number of nitrogens with zero attached hydrogens (tertiary/aromatic N) is 1. The molecule has 1 aliphatic rings. The number of esters is 4. The van der Waals surface area contributed by atoms with Crippen molar-refractivity contribution in [2.45, 2.75) is 58.3 Å². The summed E-state index contributed by atoms with van der Waals surface area (Å²) in [4.78, 5) is 46.9. The lowest BCUT2D eigenvalue weighted by Crippen LogP contribution is -2.66. The number of ether oxygens (including phenoxy) is 5. The summed E-state index contributed by atoms with van der Waals surface area (Å²) in [6.45, 7) is 4.22. The van der Waals surface area contributed by atoms with Gasteiger partial charge in [-0.3, -0.25) is 24.6 Å². The van der Waals surface area contributed by atoms with Gasteiger partial charge < -0.3 is 29.0 Å². The summed E-state index contributed by atoms with van der Waals surface area (Å²) in [6, 6.07) is 6.98. The fourth-order valence-corrected chi connectivity index (χ4v) is 3.60. The van der Waals surface area contributed by atoms with E-state index in [9.17, 15) is 19.2 Å². The maximum absolute atomic E-state index is 11.9. The Morgan fingerprint density at radius 3 is 2.14 bits per heavy atom. The molecule has 0 aromatic heterocycles. The zero-order valence-corrected chi connectivity index (χ0v) is 21.5. The highest BCUT2D eigenvalue weighted by molar-refractivity contribution is 7.80. The number of hydrogen-bond acceptors (Lipinski definition) is 11. The van der Waals surface area contributed by atoms with Gasteiger partial charge in [-0.15, -0.1) is 0 Å². The third-order valence-electron chi connectivity index (χ3n) is 4.54. The normalized spacial score (nSPS) is 23.3. The van der Waals surface area contributed by atoms with Crippen LogP contribution in [0.25, 0.3) is 0 Å². The van der Waals surface area contributed by atoms with Crippen molar-refractivity contribution < 1.29 is 42.9 Å². The van der Waals surface area contributed by atoms with Crippen molar-refractivity contribution in [1.29, 1.82) is 0 Å². The number of carbonyl (C=O) groups is 4. The smallest absolute Gasteiger partial charge is 0.303 e. The number of nitrogens with one attached hydrogen (secondary N) is 2. The van der Waals surface area contributed by atoms with Gasteiger partial charge in [-0.2, -0.15) is 5.10 Å². The number of carbonyl (C=O) groups excluding carboxylic acids is 4. The molecule has 0 amide bonds. The van der Waals surface area contributed by atoms with Crippen molar-refractivity contribution in [3.05, 3.63) is 34.9 Å². The summed E-state index contributed by atoms with van der Waals surface area (Å²) >= 11 is 11.3. The monoisotopic (exact) mass is 543 g/mol. The van der Waals surface area contributed by atoms with Gasteiger partial charge in [0.2, 0.25) is 0 Å². The molecule has 0 spiro atoms. The molecule has 5 atom stereocenters. The van der Waals surface area contributed by atoms with Crippen LogP contribution in [0.5, 0.6) is 0 Å². The maximum atomic E-state index is 11.9. The van der Waals surface area contributed by atoms with Crippen LogP contribution < -0.4 is 10.7 Å². The number of hydrazone groups is 1. The van der Waals surface area contributed by atoms with Gasteiger partial charge >= 0.3 is 23.9 Å². The molecule has 196 valence electrons. The van der Waals surface area contributed by atoms with E-state index in [-0.39, 0.29) is 11.7 Å². The van der Waals surface area contributed by atoms with Crippen molar-refractivity contribution in [2.75, 3.05) is 6.61 Å². The van der Waals surface area contributed by atoms with Crippen LogP contribution in [0.1, 0.15) is 33.3 Å². The van der Waals surface area contributed by atoms with Gasteiger partial charge in [0.15, 0.2) is 29.7 Å². The van der Waals surface area contributed by atoms with Crippen molar-refractivity contribution >= 4 is 59.0 Å². The van der Waals surface area contributed by atoms with Gasteiger partial charge in [-0.05, 0) is 18.3 Å². The van der Waals surface area contributed by atoms with Gasteiger partial charge in [0.25, 0.3) is 0 Å². The SMILES string of the molecule is CC(=O)OC[C@H]1O[C@@H](NC(=S)N/N=C/c2ccccc2Cl)[C@H](OC(C)=O)[C@@H](OC(C)=O)[C@@H]1OC(C)=O. The number of benzene rings is 1. The maximum Gasteiger partial charge on any atom is 0.303 e. The summed E-state index contributed by atoms with van der Waals surface area (Å²) in [5, 5.41) is 7.19. The second kappa shape index (κ2) is 13.7. The number of thiocarbonyl (C=S) groups is 1. The minimum Gasteiger partial charge on any atom is -0.463 e. The van der Waals surface area contributed by atoms with Crippen LogP contribution in [0.3, 0.4) is 0 Å². The summed E-state index contributed by atoms with van der Waals surface area (Å²) in [5.41, 5.74) is 3.20. The van der Waals surface area contributed by atoms with E-state index in [1.54, 1.807) is 24.3 Å². The first-order chi connectivity index (χ1) is 17.0. The summed E-state index contributed by atoms with van der Waals surface area (Å²) < 4.78 is 26.9. The standard InChI is InChI=1S/C22H26ClN3O9S/c1-11(27)31-10-17-18(32-12(2)28)19(33-13(3)29)20(34-14(4)30)21(35-17)25-22(36)26-24-9-15-7-5-6-8-16(15)23/h5-9,17-21H,10H2,1-4H3,(H2,25,26,36)/b24-9+/t17-,18-,19+,20-,21-/m1/s1. The topological polar surface area (TPSA) is 151 Å². The molecule has 0 radical (unpaired) electrons. The molecular formula is C22H26ClN3O9S. The Hall–Kier alpha value is -3.29. The quantitative estimate of drug-likeness (QED) is 0.159. The lowest BCUT2D eigenvalue weighted by molar-refractivity contribution is -0.254. The highest BCUT2D eigenvalue weighted by atomic mass is 35.5. The van der Waals surface area contributed by atoms with Crippen LogP contribution in [0.15, 0.2) is 29.4 Å². The highest BCUT2D eigenvalue weighted by Gasteiger charge is 2.52. The lowest BCUT2D eigenvalue weighted by Gasteiger charge is -2.44. The van der Waals surface area contributed by atoms with Crippen molar-refractivity contribution in [1.82, 2.24) is 10.7 Å². The molecule has 0 bridgehead atoms. The van der Waals surface area contributed by atoms with E-state index < -0.39 is 54.5 Å². The molecule has 2 N–H and O–H groups in total. The molecule has 14 heteroatoms. The van der Waals surface area contributed by atoms with Gasteiger partial charge in [0, 0.05) is 38.3 Å². The van der Waals surface area contributed by atoms with Crippen molar-refractivity contribution in [2.24, 2.45) is 5.10 Å². The first kappa shape index (κ1) is 28.9. The summed E-state index contributed by atoms with van der Waals surface area (Å²) in [6.07, 6.45) is -4.80. The molecule has 12 nitrogen and oxygen atoms in total. The van der Waals surface area contributed by atoms with Crippen LogP contribution >= 0.6 is 23.8 Å². The first-order valence-electron chi connectivity index (χ1n) is 10.6. The Morgan fingerprint density at radius 2 is 1.56 bits per heavy atom. The van der Waals surface area contributed by atoms with Crippen LogP contribution in [-0.4, -0.2) is 72.5 Å². The first-order valence-corrected chi connectivity index (χ1v) is 11.4. The van der Waals surface area contributed by atoms with Crippen LogP contribution in [0, 0.1) is 0 Å². The Kier molecular flexibility index (Phi) is 11.0. The second-order valence-electron chi connectivity index (χ2n) is 7.48. The largest absolute Gasteiger partial charge is 0.463 e. The van der Waals surface area contributed by atoms with E-state index in [0.717, 1.165) is 20.8 Å². The predicted octanol–water partition coefficient (Wildman–Crippen LogP) is 1.22. The number of rotatable bonds is 8. The summed E-state index contributed by atoms with van der Waals surface area (Å²) in [5.74, 6) is -2.83. The van der Waals surface area contributed by atoms with Gasteiger partial charge in [-0.25, -0.2) is 0 Å². The Bertz CT molecular complexity index is 1020. The Labute approximate surface area is 217 Å². The average Bonchev–Trinajstić information content (AvgIpc) is 2.77. The van der Waals surface area contributed by atoms with Gasteiger partial charge in [0.05, 0.1) is 6.21 Å². The lowest BCUT2D eigenvalue weighted by atomic mass is 9.97. The molecular weight excluding hydrogens is 518 g/mol. The fourth-order valence-electron chi connectivity index (χ4n) is 3.25. The summed E-state index contributed by atoms with van der Waals surface area (Å²) in [7, 11) is 0. The van der Waals surface area contributed by atoms with E-state index in [1.165, 1.54) is 13.1 Å². The minimum absolute atomic E-state index is 0.0563. The molecule has 0 aliphatic carbocycles. The molecule has 1 aromatic carbocycles. The zero-order chi connectivity index (χ0) is 26.8. The predicted molar refractivity (Wildman–Crippen MR) is 130 cm³/mol. The highest BCUT2D eigenvalue weighted by Crippen LogP contribution is 2.28. The fraction of sp³-hybridized carbons (Fsp3) is 0.455. The number of hydrogen-bond donors (Lipinski definition) is 2. The van der Waals surface area contributed by atoms with E-state index >= 15 is 0 Å². The molecule has 1 aliphatic heterocycles. The van der Waals surface area contributed by atoms with Gasteiger partial charge in [-0.1, -0.05) is 29.8 Å². The zero-order valence-electron chi connectivity index (χ0n) is 19.9. The molecule has 1 heterocycles. The third kappa shape index (κ3) is 9.06. The van der Waals surface area contributed by atoms with Crippen LogP contribution in [0.2, 0.25) is 5.02 Å².